The summed E-state index contributed by atoms with van der Waals surface area (Å²) in [5.41, 5.74) is 2.00. The summed E-state index contributed by atoms with van der Waals surface area (Å²) in [5.74, 6) is 0.517. The molecule has 1 amide bonds. The molecule has 1 atom stereocenters. The fourth-order valence-corrected chi connectivity index (χ4v) is 3.00. The number of hydrogen-bond acceptors (Lipinski definition) is 5. The topological polar surface area (TPSA) is 93.2 Å². The highest BCUT2D eigenvalue weighted by molar-refractivity contribution is 5.96. The van der Waals surface area contributed by atoms with Gasteiger partial charge in [-0.15, -0.1) is 0 Å². The largest absolute Gasteiger partial charge is 0.393 e. The number of nitrogens with zero attached hydrogens (tertiary/aromatic N) is 3. The standard InChI is InChI=1S/C15H20N4O3/c1-8-13(9(2)22-18-8)15(21)17-14(10-4-12(20)5-10)11-6-16-19(3)7-11/h6-7,10,12,14,20H,4-5H2,1-3H3,(H,17,21)/t10?,12?,14-/m1/s1. The number of carbonyl (C=O) groups excluding carboxylic acids is 1. The average Bonchev–Trinajstić information content (AvgIpc) is 2.99. The Labute approximate surface area is 128 Å². The summed E-state index contributed by atoms with van der Waals surface area (Å²) < 4.78 is 6.77. The van der Waals surface area contributed by atoms with Gasteiger partial charge in [0.25, 0.3) is 5.91 Å². The predicted molar refractivity (Wildman–Crippen MR) is 78.1 cm³/mol. The first-order chi connectivity index (χ1) is 10.5. The second-order valence-corrected chi connectivity index (χ2v) is 5.98. The van der Waals surface area contributed by atoms with Gasteiger partial charge in [0.15, 0.2) is 0 Å². The van der Waals surface area contributed by atoms with Crippen molar-refractivity contribution in [2.75, 3.05) is 0 Å². The number of hydrogen-bond donors (Lipinski definition) is 2. The molecule has 2 aromatic rings. The third kappa shape index (κ3) is 2.64. The molecule has 22 heavy (non-hydrogen) atoms. The zero-order valence-corrected chi connectivity index (χ0v) is 12.9. The summed E-state index contributed by atoms with van der Waals surface area (Å²) in [4.78, 5) is 12.6. The van der Waals surface area contributed by atoms with Crippen molar-refractivity contribution in [2.24, 2.45) is 13.0 Å². The zero-order chi connectivity index (χ0) is 15.9. The second-order valence-electron chi connectivity index (χ2n) is 5.98. The van der Waals surface area contributed by atoms with E-state index in [1.807, 2.05) is 13.2 Å². The normalized spacial score (nSPS) is 22.2. The molecule has 0 spiro atoms. The molecule has 1 saturated carbocycles. The molecule has 0 radical (unpaired) electrons. The Morgan fingerprint density at radius 3 is 2.73 bits per heavy atom. The van der Waals surface area contributed by atoms with Crippen LogP contribution in [0.15, 0.2) is 16.9 Å². The maximum absolute atomic E-state index is 12.6. The Bertz CT molecular complexity index is 665. The molecule has 1 aliphatic carbocycles. The van der Waals surface area contributed by atoms with Crippen LogP contribution in [0.3, 0.4) is 0 Å². The average molecular weight is 304 g/mol. The summed E-state index contributed by atoms with van der Waals surface area (Å²) in [6, 6.07) is -0.168. The maximum atomic E-state index is 12.6. The van der Waals surface area contributed by atoms with Gasteiger partial charge in [0.1, 0.15) is 11.3 Å². The summed E-state index contributed by atoms with van der Waals surface area (Å²) in [7, 11) is 1.84. The molecule has 3 rings (SSSR count). The molecule has 1 fully saturated rings. The van der Waals surface area contributed by atoms with Gasteiger partial charge in [-0.25, -0.2) is 0 Å². The van der Waals surface area contributed by atoms with Crippen LogP contribution in [-0.2, 0) is 7.05 Å². The summed E-state index contributed by atoms with van der Waals surface area (Å²) in [5, 5.41) is 20.6. The van der Waals surface area contributed by atoms with Crippen LogP contribution in [0.5, 0.6) is 0 Å². The van der Waals surface area contributed by atoms with Crippen molar-refractivity contribution in [2.45, 2.75) is 38.8 Å². The molecule has 7 heteroatoms. The van der Waals surface area contributed by atoms with E-state index in [1.165, 1.54) is 0 Å². The number of carbonyl (C=O) groups is 1. The second kappa shape index (κ2) is 5.57. The van der Waals surface area contributed by atoms with Gasteiger partial charge in [0.2, 0.25) is 0 Å². The minimum atomic E-state index is -0.278. The molecule has 1 aliphatic rings. The number of aromatic nitrogens is 3. The molecule has 0 saturated heterocycles. The Balaban J connectivity index is 1.82. The van der Waals surface area contributed by atoms with E-state index in [4.69, 9.17) is 4.52 Å². The van der Waals surface area contributed by atoms with Gasteiger partial charge in [0.05, 0.1) is 24.0 Å². The lowest BCUT2D eigenvalue weighted by Gasteiger charge is -2.37. The van der Waals surface area contributed by atoms with E-state index >= 15 is 0 Å². The number of aliphatic hydroxyl groups excluding tert-OH is 1. The molecule has 0 aliphatic heterocycles. The van der Waals surface area contributed by atoms with Crippen LogP contribution in [0.4, 0.5) is 0 Å². The predicted octanol–water partition coefficient (Wildman–Crippen LogP) is 1.27. The molecule has 0 unspecified atom stereocenters. The quantitative estimate of drug-likeness (QED) is 0.887. The lowest BCUT2D eigenvalue weighted by atomic mass is 9.75. The van der Waals surface area contributed by atoms with Crippen molar-refractivity contribution in [1.82, 2.24) is 20.3 Å². The van der Waals surface area contributed by atoms with Crippen LogP contribution in [0.1, 0.15) is 46.3 Å². The van der Waals surface area contributed by atoms with E-state index < -0.39 is 0 Å². The van der Waals surface area contributed by atoms with Gasteiger partial charge in [-0.05, 0) is 32.6 Å². The van der Waals surface area contributed by atoms with Crippen LogP contribution in [0.25, 0.3) is 0 Å². The number of nitrogens with one attached hydrogen (secondary N) is 1. The van der Waals surface area contributed by atoms with Crippen molar-refractivity contribution < 1.29 is 14.4 Å². The Morgan fingerprint density at radius 1 is 1.50 bits per heavy atom. The third-order valence-corrected chi connectivity index (χ3v) is 4.25. The fourth-order valence-electron chi connectivity index (χ4n) is 3.00. The molecule has 7 nitrogen and oxygen atoms in total. The highest BCUT2D eigenvalue weighted by Crippen LogP contribution is 2.38. The minimum absolute atomic E-state index is 0.168. The van der Waals surface area contributed by atoms with Gasteiger partial charge in [-0.1, -0.05) is 5.16 Å². The highest BCUT2D eigenvalue weighted by Gasteiger charge is 2.37. The molecule has 0 aromatic carbocycles. The number of aryl methyl sites for hydroxylation is 3. The summed E-state index contributed by atoms with van der Waals surface area (Å²) in [6.45, 7) is 3.47. The monoisotopic (exact) mass is 304 g/mol. The van der Waals surface area contributed by atoms with Crippen molar-refractivity contribution in [1.29, 1.82) is 0 Å². The third-order valence-electron chi connectivity index (χ3n) is 4.25. The molecular weight excluding hydrogens is 284 g/mol. The first-order valence-electron chi connectivity index (χ1n) is 7.36. The first-order valence-corrected chi connectivity index (χ1v) is 7.36. The van der Waals surface area contributed by atoms with Gasteiger partial charge in [0, 0.05) is 18.8 Å². The van der Waals surface area contributed by atoms with Crippen molar-refractivity contribution in [3.63, 3.8) is 0 Å². The van der Waals surface area contributed by atoms with Crippen LogP contribution in [0.2, 0.25) is 0 Å². The van der Waals surface area contributed by atoms with Gasteiger partial charge >= 0.3 is 0 Å². The Morgan fingerprint density at radius 2 is 2.23 bits per heavy atom. The van der Waals surface area contributed by atoms with E-state index in [2.05, 4.69) is 15.6 Å². The van der Waals surface area contributed by atoms with E-state index in [0.29, 0.717) is 29.9 Å². The van der Waals surface area contributed by atoms with Gasteiger partial charge in [-0.2, -0.15) is 5.10 Å². The number of rotatable bonds is 4. The van der Waals surface area contributed by atoms with E-state index in [-0.39, 0.29) is 24.0 Å². The molecule has 118 valence electrons. The Kier molecular flexibility index (Phi) is 3.74. The van der Waals surface area contributed by atoms with Gasteiger partial charge < -0.3 is 14.9 Å². The molecule has 2 N–H and O–H groups in total. The van der Waals surface area contributed by atoms with E-state index in [9.17, 15) is 9.90 Å². The lowest BCUT2D eigenvalue weighted by molar-refractivity contribution is 0.0235. The van der Waals surface area contributed by atoms with Crippen LogP contribution < -0.4 is 5.32 Å². The minimum Gasteiger partial charge on any atom is -0.393 e. The van der Waals surface area contributed by atoms with Gasteiger partial charge in [-0.3, -0.25) is 9.48 Å². The molecule has 0 bridgehead atoms. The molecular formula is C15H20N4O3. The number of aliphatic hydroxyl groups is 1. The SMILES string of the molecule is Cc1noc(C)c1C(=O)N[C@@H](c1cnn(C)c1)C1CC(O)C1. The maximum Gasteiger partial charge on any atom is 0.257 e. The van der Waals surface area contributed by atoms with Crippen molar-refractivity contribution in [3.05, 3.63) is 35.0 Å². The summed E-state index contributed by atoms with van der Waals surface area (Å²) in [6.07, 6.45) is 4.73. The smallest absolute Gasteiger partial charge is 0.257 e. The fraction of sp³-hybridized carbons (Fsp3) is 0.533. The lowest BCUT2D eigenvalue weighted by Crippen LogP contribution is -2.41. The summed E-state index contributed by atoms with van der Waals surface area (Å²) >= 11 is 0. The highest BCUT2D eigenvalue weighted by atomic mass is 16.5. The van der Waals surface area contributed by atoms with Crippen molar-refractivity contribution in [3.8, 4) is 0 Å². The zero-order valence-electron chi connectivity index (χ0n) is 12.9. The van der Waals surface area contributed by atoms with Crippen molar-refractivity contribution >= 4 is 5.91 Å². The Hall–Kier alpha value is -2.15. The van der Waals surface area contributed by atoms with E-state index in [1.54, 1.807) is 24.7 Å². The van der Waals surface area contributed by atoms with Crippen LogP contribution in [0, 0.1) is 19.8 Å². The molecule has 2 heterocycles. The van der Waals surface area contributed by atoms with E-state index in [0.717, 1.165) is 5.56 Å². The van der Waals surface area contributed by atoms with Crippen LogP contribution >= 0.6 is 0 Å². The molecule has 2 aromatic heterocycles. The number of amides is 1. The van der Waals surface area contributed by atoms with Crippen LogP contribution in [-0.4, -0.2) is 32.1 Å². The first kappa shape index (κ1) is 14.8.